The Bertz CT molecular complexity index is 783. The highest BCUT2D eigenvalue weighted by Crippen LogP contribution is 2.30. The highest BCUT2D eigenvalue weighted by molar-refractivity contribution is 6.05. The molecule has 1 atom stereocenters. The van der Waals surface area contributed by atoms with Gasteiger partial charge in [0, 0.05) is 29.6 Å². The molecule has 2 aliphatic rings. The maximum absolute atomic E-state index is 14.6. The molecular formula is C15H13F2N3O5. The Hall–Kier alpha value is -3.04. The Balaban J connectivity index is 1.82. The standard InChI is InChI=1S/C15H13F2N3O5/c16-12-7(5-18-15(24)25-17)1-2-8-6-20(14(23)11(8)12)9-3-4-10(21)19-13(9)22/h1-2,9H,3-6H2,(H,18,24)(H,19,21,22). The third kappa shape index (κ3) is 3.02. The minimum atomic E-state index is -1.38. The van der Waals surface area contributed by atoms with Crippen molar-refractivity contribution in [3.63, 3.8) is 0 Å². The molecule has 1 aromatic rings. The van der Waals surface area contributed by atoms with E-state index in [0.717, 1.165) is 0 Å². The summed E-state index contributed by atoms with van der Waals surface area (Å²) >= 11 is 0. The maximum atomic E-state index is 14.6. The van der Waals surface area contributed by atoms with Gasteiger partial charge in [-0.3, -0.25) is 19.7 Å². The molecule has 25 heavy (non-hydrogen) atoms. The van der Waals surface area contributed by atoms with E-state index in [1.165, 1.54) is 17.0 Å². The van der Waals surface area contributed by atoms with Crippen LogP contribution in [0, 0.1) is 5.82 Å². The Morgan fingerprint density at radius 3 is 2.80 bits per heavy atom. The number of rotatable bonds is 3. The van der Waals surface area contributed by atoms with Crippen molar-refractivity contribution < 1.29 is 33.0 Å². The molecule has 0 bridgehead atoms. The van der Waals surface area contributed by atoms with Gasteiger partial charge in [0.05, 0.1) is 5.56 Å². The van der Waals surface area contributed by atoms with Gasteiger partial charge in [-0.2, -0.15) is 0 Å². The van der Waals surface area contributed by atoms with E-state index in [2.05, 4.69) is 10.3 Å². The van der Waals surface area contributed by atoms with Crippen LogP contribution in [0.1, 0.15) is 34.3 Å². The zero-order valence-electron chi connectivity index (χ0n) is 12.8. The van der Waals surface area contributed by atoms with E-state index in [0.29, 0.717) is 5.56 Å². The molecule has 132 valence electrons. The van der Waals surface area contributed by atoms with Crippen LogP contribution in [0.3, 0.4) is 0 Å². The van der Waals surface area contributed by atoms with Crippen molar-refractivity contribution in [3.8, 4) is 0 Å². The summed E-state index contributed by atoms with van der Waals surface area (Å²) in [7, 11) is 0. The summed E-state index contributed by atoms with van der Waals surface area (Å²) < 4.78 is 26.3. The molecule has 4 amide bonds. The zero-order valence-corrected chi connectivity index (χ0v) is 12.8. The summed E-state index contributed by atoms with van der Waals surface area (Å²) in [6.45, 7) is -0.328. The van der Waals surface area contributed by atoms with Crippen LogP contribution in [0.15, 0.2) is 12.1 Å². The summed E-state index contributed by atoms with van der Waals surface area (Å²) in [5.74, 6) is -2.52. The second-order valence-electron chi connectivity index (χ2n) is 5.69. The predicted molar refractivity (Wildman–Crippen MR) is 76.9 cm³/mol. The number of nitrogens with one attached hydrogen (secondary N) is 2. The van der Waals surface area contributed by atoms with E-state index >= 15 is 0 Å². The highest BCUT2D eigenvalue weighted by atomic mass is 19.3. The summed E-state index contributed by atoms with van der Waals surface area (Å²) in [5.41, 5.74) is 0.171. The Kier molecular flexibility index (Phi) is 4.34. The summed E-state index contributed by atoms with van der Waals surface area (Å²) in [6, 6.07) is 2.01. The van der Waals surface area contributed by atoms with Crippen molar-refractivity contribution in [3.05, 3.63) is 34.6 Å². The Morgan fingerprint density at radius 1 is 1.36 bits per heavy atom. The largest absolute Gasteiger partial charge is 0.445 e. The van der Waals surface area contributed by atoms with Crippen LogP contribution in [0.2, 0.25) is 0 Å². The van der Waals surface area contributed by atoms with E-state index in [4.69, 9.17) is 0 Å². The lowest BCUT2D eigenvalue weighted by molar-refractivity contribution is -0.136. The van der Waals surface area contributed by atoms with Gasteiger partial charge in [0.25, 0.3) is 5.91 Å². The molecule has 0 saturated carbocycles. The minimum Gasteiger partial charge on any atom is -0.322 e. The van der Waals surface area contributed by atoms with Gasteiger partial charge in [-0.05, 0) is 12.0 Å². The fraction of sp³-hybridized carbons (Fsp3) is 0.333. The van der Waals surface area contributed by atoms with Crippen molar-refractivity contribution in [1.82, 2.24) is 15.5 Å². The number of hydrogen-bond acceptors (Lipinski definition) is 5. The third-order valence-corrected chi connectivity index (χ3v) is 4.20. The fourth-order valence-corrected chi connectivity index (χ4v) is 2.98. The molecule has 1 fully saturated rings. The summed E-state index contributed by atoms with van der Waals surface area (Å²) in [6.07, 6.45) is -1.11. The van der Waals surface area contributed by atoms with E-state index in [9.17, 15) is 28.1 Å². The SMILES string of the molecule is O=C1CCC(N2Cc3ccc(CNC(=O)OF)c(F)c3C2=O)C(=O)N1. The number of nitrogens with zero attached hydrogens (tertiary/aromatic N) is 1. The monoisotopic (exact) mass is 353 g/mol. The molecule has 2 aliphatic heterocycles. The number of halogens is 2. The van der Waals surface area contributed by atoms with Crippen molar-refractivity contribution in [2.75, 3.05) is 0 Å². The molecule has 2 N–H and O–H groups in total. The first kappa shape index (κ1) is 16.8. The van der Waals surface area contributed by atoms with Crippen LogP contribution < -0.4 is 10.6 Å². The van der Waals surface area contributed by atoms with E-state index in [1.807, 2.05) is 5.32 Å². The molecule has 0 radical (unpaired) electrons. The first-order chi connectivity index (χ1) is 11.9. The molecule has 3 rings (SSSR count). The van der Waals surface area contributed by atoms with E-state index < -0.39 is 35.7 Å². The number of imide groups is 1. The van der Waals surface area contributed by atoms with Crippen LogP contribution in [0.5, 0.6) is 0 Å². The number of piperidine rings is 1. The lowest BCUT2D eigenvalue weighted by Crippen LogP contribution is -2.52. The quantitative estimate of drug-likeness (QED) is 0.779. The molecule has 10 heteroatoms. The number of carbonyl (C=O) groups is 4. The van der Waals surface area contributed by atoms with Crippen molar-refractivity contribution >= 4 is 23.8 Å². The number of carbonyl (C=O) groups excluding carboxylic acids is 4. The average molecular weight is 353 g/mol. The maximum Gasteiger partial charge on any atom is 0.445 e. The van der Waals surface area contributed by atoms with Gasteiger partial charge in [-0.25, -0.2) is 14.1 Å². The third-order valence-electron chi connectivity index (χ3n) is 4.20. The molecule has 1 saturated heterocycles. The second-order valence-corrected chi connectivity index (χ2v) is 5.69. The number of benzene rings is 1. The van der Waals surface area contributed by atoms with Gasteiger partial charge >= 0.3 is 6.09 Å². The van der Waals surface area contributed by atoms with Gasteiger partial charge in [-0.1, -0.05) is 12.1 Å². The lowest BCUT2D eigenvalue weighted by Gasteiger charge is -2.29. The van der Waals surface area contributed by atoms with Gasteiger partial charge in [0.15, 0.2) is 0 Å². The van der Waals surface area contributed by atoms with E-state index in [1.54, 1.807) is 0 Å². The van der Waals surface area contributed by atoms with Gasteiger partial charge in [0.2, 0.25) is 11.8 Å². The van der Waals surface area contributed by atoms with Crippen LogP contribution in [0.4, 0.5) is 13.7 Å². The van der Waals surface area contributed by atoms with E-state index in [-0.39, 0.29) is 37.1 Å². The molecule has 0 spiro atoms. The highest BCUT2D eigenvalue weighted by Gasteiger charge is 2.40. The van der Waals surface area contributed by atoms with Crippen LogP contribution in [-0.2, 0) is 27.6 Å². The van der Waals surface area contributed by atoms with Gasteiger partial charge < -0.3 is 10.2 Å². The van der Waals surface area contributed by atoms with Crippen LogP contribution in [-0.4, -0.2) is 34.8 Å². The molecule has 0 aromatic heterocycles. The minimum absolute atomic E-state index is 0.0253. The Labute approximate surface area is 140 Å². The van der Waals surface area contributed by atoms with Crippen LogP contribution in [0.25, 0.3) is 0 Å². The van der Waals surface area contributed by atoms with Crippen molar-refractivity contribution in [2.24, 2.45) is 0 Å². The summed E-state index contributed by atoms with van der Waals surface area (Å²) in [4.78, 5) is 50.6. The first-order valence-electron chi connectivity index (χ1n) is 7.43. The zero-order chi connectivity index (χ0) is 18.1. The predicted octanol–water partition coefficient (Wildman–Crippen LogP) is 0.697. The fourth-order valence-electron chi connectivity index (χ4n) is 2.98. The molecular weight excluding hydrogens is 340 g/mol. The molecule has 1 aromatic carbocycles. The molecule has 2 heterocycles. The number of fused-ring (bicyclic) bond motifs is 1. The van der Waals surface area contributed by atoms with Gasteiger partial charge in [-0.15, -0.1) is 0 Å². The number of amides is 4. The lowest BCUT2D eigenvalue weighted by atomic mass is 10.0. The molecule has 8 nitrogen and oxygen atoms in total. The normalized spacial score (nSPS) is 19.5. The molecule has 1 unspecified atom stereocenters. The molecule has 0 aliphatic carbocycles. The smallest absolute Gasteiger partial charge is 0.322 e. The first-order valence-corrected chi connectivity index (χ1v) is 7.43. The Morgan fingerprint density at radius 2 is 2.12 bits per heavy atom. The number of hydrogen-bond donors (Lipinski definition) is 2. The van der Waals surface area contributed by atoms with Crippen LogP contribution >= 0.6 is 0 Å². The van der Waals surface area contributed by atoms with Gasteiger partial charge in [0.1, 0.15) is 11.9 Å². The van der Waals surface area contributed by atoms with Crippen molar-refractivity contribution in [2.45, 2.75) is 32.0 Å². The second kappa shape index (κ2) is 6.46. The van der Waals surface area contributed by atoms with Crippen molar-refractivity contribution in [1.29, 1.82) is 0 Å². The summed E-state index contributed by atoms with van der Waals surface area (Å²) in [5, 5.41) is 4.14. The average Bonchev–Trinajstić information content (AvgIpc) is 2.91. The topological polar surface area (TPSA) is 105 Å².